The molecule has 0 aliphatic heterocycles. The lowest BCUT2D eigenvalue weighted by Gasteiger charge is -2.36. The zero-order valence-electron chi connectivity index (χ0n) is 12.0. The molecular weight excluding hydrogens is 248 g/mol. The molecule has 0 bridgehead atoms. The number of nitrogens with zero attached hydrogens (tertiary/aromatic N) is 3. The van der Waals surface area contributed by atoms with Crippen LogP contribution in [-0.4, -0.2) is 28.1 Å². The van der Waals surface area contributed by atoms with E-state index in [4.69, 9.17) is 0 Å². The molecule has 2 atom stereocenters. The minimum absolute atomic E-state index is 0.592. The van der Waals surface area contributed by atoms with Crippen molar-refractivity contribution in [3.8, 4) is 5.69 Å². The van der Waals surface area contributed by atoms with Gasteiger partial charge in [-0.15, -0.1) is 5.10 Å². The Kier molecular flexibility index (Phi) is 4.11. The highest BCUT2D eigenvalue weighted by atomic mass is 15.4. The molecule has 2 aromatic rings. The van der Waals surface area contributed by atoms with E-state index in [0.29, 0.717) is 5.92 Å². The van der Waals surface area contributed by atoms with E-state index in [0.717, 1.165) is 24.7 Å². The fourth-order valence-electron chi connectivity index (χ4n) is 2.93. The Bertz CT molecular complexity index is 534. The smallest absolute Gasteiger partial charge is 0.0732 e. The Morgan fingerprint density at radius 3 is 2.80 bits per heavy atom. The molecule has 1 N–H and O–H groups in total. The molecule has 2 unspecified atom stereocenters. The average molecular weight is 270 g/mol. The van der Waals surface area contributed by atoms with Crippen molar-refractivity contribution < 1.29 is 0 Å². The Morgan fingerprint density at radius 2 is 2.10 bits per heavy atom. The summed E-state index contributed by atoms with van der Waals surface area (Å²) in [6.45, 7) is 4.43. The maximum Gasteiger partial charge on any atom is 0.0732 e. The predicted molar refractivity (Wildman–Crippen MR) is 80.0 cm³/mol. The van der Waals surface area contributed by atoms with Crippen molar-refractivity contribution in [1.29, 1.82) is 0 Å². The second-order valence-electron chi connectivity index (χ2n) is 5.55. The summed E-state index contributed by atoms with van der Waals surface area (Å²) >= 11 is 0. The van der Waals surface area contributed by atoms with Crippen molar-refractivity contribution in [2.75, 3.05) is 13.1 Å². The van der Waals surface area contributed by atoms with Gasteiger partial charge >= 0.3 is 0 Å². The summed E-state index contributed by atoms with van der Waals surface area (Å²) in [5, 5.41) is 11.9. The van der Waals surface area contributed by atoms with Crippen molar-refractivity contribution in [3.05, 3.63) is 42.2 Å². The van der Waals surface area contributed by atoms with Gasteiger partial charge < -0.3 is 5.32 Å². The van der Waals surface area contributed by atoms with Gasteiger partial charge in [0.2, 0.25) is 0 Å². The van der Waals surface area contributed by atoms with Crippen LogP contribution in [0.3, 0.4) is 0 Å². The lowest BCUT2D eigenvalue weighted by Crippen LogP contribution is -2.35. The molecule has 1 fully saturated rings. The quantitative estimate of drug-likeness (QED) is 0.821. The monoisotopic (exact) mass is 270 g/mol. The fraction of sp³-hybridized carbons (Fsp3) is 0.500. The molecule has 20 heavy (non-hydrogen) atoms. The van der Waals surface area contributed by atoms with Crippen LogP contribution in [0.25, 0.3) is 5.69 Å². The van der Waals surface area contributed by atoms with Crippen molar-refractivity contribution in [1.82, 2.24) is 20.3 Å². The molecular formula is C16H22N4. The zero-order chi connectivity index (χ0) is 13.8. The summed E-state index contributed by atoms with van der Waals surface area (Å²) < 4.78 is 2.00. The lowest BCUT2D eigenvalue weighted by atomic mass is 9.72. The summed E-state index contributed by atoms with van der Waals surface area (Å²) in [5.74, 6) is 1.32. The van der Waals surface area contributed by atoms with E-state index in [1.807, 2.05) is 29.1 Å². The molecule has 3 rings (SSSR count). The first-order valence-corrected chi connectivity index (χ1v) is 7.57. The van der Waals surface area contributed by atoms with Crippen molar-refractivity contribution >= 4 is 0 Å². The number of nitrogens with one attached hydrogen (secondary N) is 1. The van der Waals surface area contributed by atoms with E-state index in [-0.39, 0.29) is 0 Å². The maximum atomic E-state index is 4.27. The number of para-hydroxylation sites is 1. The highest BCUT2D eigenvalue weighted by Gasteiger charge is 2.34. The third-order valence-electron chi connectivity index (χ3n) is 4.21. The summed E-state index contributed by atoms with van der Waals surface area (Å²) in [5.41, 5.74) is 2.36. The minimum Gasteiger partial charge on any atom is -0.316 e. The maximum absolute atomic E-state index is 4.27. The first-order chi connectivity index (χ1) is 9.90. The van der Waals surface area contributed by atoms with Crippen LogP contribution < -0.4 is 5.32 Å². The number of benzene rings is 1. The van der Waals surface area contributed by atoms with Crippen LogP contribution in [0.1, 0.15) is 37.8 Å². The van der Waals surface area contributed by atoms with Gasteiger partial charge in [-0.1, -0.05) is 30.3 Å². The normalized spacial score (nSPS) is 21.6. The molecule has 4 heteroatoms. The van der Waals surface area contributed by atoms with Crippen LogP contribution in [0.4, 0.5) is 0 Å². The summed E-state index contributed by atoms with van der Waals surface area (Å²) in [4.78, 5) is 0. The van der Waals surface area contributed by atoms with Gasteiger partial charge in [0.25, 0.3) is 0 Å². The van der Waals surface area contributed by atoms with Gasteiger partial charge in [0.15, 0.2) is 0 Å². The van der Waals surface area contributed by atoms with E-state index in [1.165, 1.54) is 25.0 Å². The minimum atomic E-state index is 0.592. The Morgan fingerprint density at radius 1 is 1.25 bits per heavy atom. The van der Waals surface area contributed by atoms with Gasteiger partial charge in [0.05, 0.1) is 17.6 Å². The number of rotatable bonds is 6. The van der Waals surface area contributed by atoms with Gasteiger partial charge in [0, 0.05) is 5.92 Å². The van der Waals surface area contributed by atoms with E-state index in [9.17, 15) is 0 Å². The molecule has 1 saturated carbocycles. The molecule has 1 aliphatic carbocycles. The molecule has 1 aliphatic rings. The van der Waals surface area contributed by atoms with Crippen molar-refractivity contribution in [2.24, 2.45) is 5.92 Å². The van der Waals surface area contributed by atoms with E-state index in [2.05, 4.69) is 34.7 Å². The number of aromatic nitrogens is 3. The standard InChI is InChI=1S/C16H22N4/c1-2-10-17-11-13-8-9-15(13)16-12-18-19-20(16)14-6-4-3-5-7-14/h3-7,12-13,15,17H,2,8-11H2,1H3. The average Bonchev–Trinajstić information content (AvgIpc) is 2.92. The highest BCUT2D eigenvalue weighted by Crippen LogP contribution is 2.42. The first-order valence-electron chi connectivity index (χ1n) is 7.57. The van der Waals surface area contributed by atoms with Gasteiger partial charge in [-0.05, 0) is 50.4 Å². The van der Waals surface area contributed by atoms with Crippen molar-refractivity contribution in [3.63, 3.8) is 0 Å². The largest absolute Gasteiger partial charge is 0.316 e. The number of hydrogen-bond acceptors (Lipinski definition) is 3. The van der Waals surface area contributed by atoms with Crippen LogP contribution in [0.2, 0.25) is 0 Å². The van der Waals surface area contributed by atoms with E-state index in [1.54, 1.807) is 0 Å². The van der Waals surface area contributed by atoms with Gasteiger partial charge in [-0.2, -0.15) is 0 Å². The van der Waals surface area contributed by atoms with Gasteiger partial charge in [-0.25, -0.2) is 4.68 Å². The fourth-order valence-corrected chi connectivity index (χ4v) is 2.93. The first kappa shape index (κ1) is 13.3. The van der Waals surface area contributed by atoms with Crippen LogP contribution in [0, 0.1) is 5.92 Å². The second kappa shape index (κ2) is 6.18. The van der Waals surface area contributed by atoms with Gasteiger partial charge in [0.1, 0.15) is 0 Å². The third-order valence-corrected chi connectivity index (χ3v) is 4.21. The molecule has 4 nitrogen and oxygen atoms in total. The van der Waals surface area contributed by atoms with Crippen molar-refractivity contribution in [2.45, 2.75) is 32.1 Å². The Balaban J connectivity index is 1.74. The topological polar surface area (TPSA) is 42.7 Å². The van der Waals surface area contributed by atoms with E-state index < -0.39 is 0 Å². The summed E-state index contributed by atoms with van der Waals surface area (Å²) in [6, 6.07) is 10.3. The van der Waals surface area contributed by atoms with Crippen LogP contribution in [-0.2, 0) is 0 Å². The summed E-state index contributed by atoms with van der Waals surface area (Å²) in [7, 11) is 0. The molecule has 106 valence electrons. The van der Waals surface area contributed by atoms with E-state index >= 15 is 0 Å². The highest BCUT2D eigenvalue weighted by molar-refractivity contribution is 5.33. The molecule has 1 heterocycles. The van der Waals surface area contributed by atoms with Crippen LogP contribution >= 0.6 is 0 Å². The predicted octanol–water partition coefficient (Wildman–Crippen LogP) is 2.76. The second-order valence-corrected chi connectivity index (χ2v) is 5.55. The van der Waals surface area contributed by atoms with Crippen LogP contribution in [0.15, 0.2) is 36.5 Å². The third kappa shape index (κ3) is 2.61. The molecule has 0 saturated heterocycles. The van der Waals surface area contributed by atoms with Gasteiger partial charge in [-0.3, -0.25) is 0 Å². The zero-order valence-corrected chi connectivity index (χ0v) is 12.0. The summed E-state index contributed by atoms with van der Waals surface area (Å²) in [6.07, 6.45) is 5.69. The lowest BCUT2D eigenvalue weighted by molar-refractivity contribution is 0.238. The molecule has 0 amide bonds. The molecule has 0 radical (unpaired) electrons. The Labute approximate surface area is 120 Å². The molecule has 1 aromatic carbocycles. The SMILES string of the molecule is CCCNCC1CCC1c1cnnn1-c1ccccc1. The number of hydrogen-bond donors (Lipinski definition) is 1. The molecule has 0 spiro atoms. The van der Waals surface area contributed by atoms with Crippen LogP contribution in [0.5, 0.6) is 0 Å². The molecule has 1 aromatic heterocycles. The Hall–Kier alpha value is -1.68.